The van der Waals surface area contributed by atoms with Gasteiger partial charge >= 0.3 is 11.1 Å². The van der Waals surface area contributed by atoms with Crippen molar-refractivity contribution >= 4 is 16.9 Å². The highest BCUT2D eigenvalue weighted by atomic mass is 19.1. The van der Waals surface area contributed by atoms with Crippen LogP contribution in [0.1, 0.15) is 22.8 Å². The molecule has 2 aromatic heterocycles. The van der Waals surface area contributed by atoms with Crippen molar-refractivity contribution in [3.63, 3.8) is 0 Å². The van der Waals surface area contributed by atoms with Gasteiger partial charge in [-0.3, -0.25) is 14.4 Å². The van der Waals surface area contributed by atoms with E-state index in [4.69, 9.17) is 4.74 Å². The summed E-state index contributed by atoms with van der Waals surface area (Å²) in [5.41, 5.74) is 0.676. The Bertz CT molecular complexity index is 1410. The lowest BCUT2D eigenvalue weighted by Gasteiger charge is -2.10. The van der Waals surface area contributed by atoms with Crippen LogP contribution in [0.3, 0.4) is 0 Å². The molecule has 9 heteroatoms. The summed E-state index contributed by atoms with van der Waals surface area (Å²) in [6, 6.07) is 13.7. The Morgan fingerprint density at radius 1 is 1.12 bits per heavy atom. The maximum atomic E-state index is 13.0. The second kappa shape index (κ2) is 8.84. The molecule has 1 amide bonds. The Hall–Kier alpha value is -4.27. The molecular formula is C23H19FN4O4. The zero-order valence-corrected chi connectivity index (χ0v) is 17.1. The number of carbonyl (C=O) groups excluding carboxylic acids is 1. The van der Waals surface area contributed by atoms with Crippen molar-refractivity contribution in [2.45, 2.75) is 20.0 Å². The summed E-state index contributed by atoms with van der Waals surface area (Å²) < 4.78 is 20.0. The number of halogens is 1. The Morgan fingerprint density at radius 2 is 1.91 bits per heavy atom. The van der Waals surface area contributed by atoms with Gasteiger partial charge in [-0.2, -0.15) is 0 Å². The molecule has 2 aromatic carbocycles. The minimum absolute atomic E-state index is 0.212. The fourth-order valence-corrected chi connectivity index (χ4v) is 3.26. The number of aromatic nitrogens is 3. The molecule has 4 rings (SSSR count). The van der Waals surface area contributed by atoms with Gasteiger partial charge in [-0.25, -0.2) is 9.37 Å². The van der Waals surface area contributed by atoms with Crippen LogP contribution in [0.25, 0.3) is 11.0 Å². The maximum Gasteiger partial charge on any atom is 0.316 e. The number of carbonyl (C=O) groups is 1. The number of pyridine rings is 1. The SMILES string of the molecule is CCn1c(=O)c(=O)[nH]c2cc(C(=O)NCc3ccnc(Oc4ccc(F)cc4)c3)ccc21. The second-order valence-electron chi connectivity index (χ2n) is 6.98. The molecule has 0 unspecified atom stereocenters. The molecule has 0 fully saturated rings. The molecule has 162 valence electrons. The van der Waals surface area contributed by atoms with Crippen molar-refractivity contribution in [2.75, 3.05) is 0 Å². The first-order valence-corrected chi connectivity index (χ1v) is 9.88. The maximum absolute atomic E-state index is 13.0. The number of rotatable bonds is 6. The van der Waals surface area contributed by atoms with Crippen LogP contribution >= 0.6 is 0 Å². The van der Waals surface area contributed by atoms with Gasteiger partial charge in [-0.05, 0) is 61.0 Å². The first kappa shape index (κ1) is 21.0. The van der Waals surface area contributed by atoms with Crippen LogP contribution in [0.2, 0.25) is 0 Å². The average molecular weight is 434 g/mol. The van der Waals surface area contributed by atoms with Gasteiger partial charge in [0.2, 0.25) is 5.88 Å². The quantitative estimate of drug-likeness (QED) is 0.454. The summed E-state index contributed by atoms with van der Waals surface area (Å²) in [5.74, 6) is 0.0392. The monoisotopic (exact) mass is 434 g/mol. The third kappa shape index (κ3) is 4.41. The minimum Gasteiger partial charge on any atom is -0.439 e. The molecule has 0 spiro atoms. The van der Waals surface area contributed by atoms with E-state index >= 15 is 0 Å². The summed E-state index contributed by atoms with van der Waals surface area (Å²) in [4.78, 5) is 43.1. The fourth-order valence-electron chi connectivity index (χ4n) is 3.26. The molecule has 0 aliphatic heterocycles. The van der Waals surface area contributed by atoms with E-state index in [0.29, 0.717) is 34.8 Å². The summed E-state index contributed by atoms with van der Waals surface area (Å²) in [6.07, 6.45) is 1.55. The Morgan fingerprint density at radius 3 is 2.66 bits per heavy atom. The van der Waals surface area contributed by atoms with Gasteiger partial charge in [-0.15, -0.1) is 0 Å². The highest BCUT2D eigenvalue weighted by Gasteiger charge is 2.11. The summed E-state index contributed by atoms with van der Waals surface area (Å²) in [7, 11) is 0. The smallest absolute Gasteiger partial charge is 0.316 e. The van der Waals surface area contributed by atoms with Crippen LogP contribution in [0.4, 0.5) is 4.39 Å². The molecule has 0 radical (unpaired) electrons. The molecule has 0 aliphatic carbocycles. The van der Waals surface area contributed by atoms with Crippen LogP contribution in [0.15, 0.2) is 70.4 Å². The molecular weight excluding hydrogens is 415 g/mol. The van der Waals surface area contributed by atoms with Crippen molar-refractivity contribution in [3.05, 3.63) is 98.4 Å². The number of aromatic amines is 1. The first-order chi connectivity index (χ1) is 15.4. The second-order valence-corrected chi connectivity index (χ2v) is 6.98. The zero-order valence-electron chi connectivity index (χ0n) is 17.1. The minimum atomic E-state index is -0.734. The van der Waals surface area contributed by atoms with Gasteiger partial charge in [0.15, 0.2) is 0 Å². The Kier molecular flexibility index (Phi) is 5.80. The van der Waals surface area contributed by atoms with Crippen molar-refractivity contribution in [3.8, 4) is 11.6 Å². The molecule has 0 bridgehead atoms. The van der Waals surface area contributed by atoms with Crippen LogP contribution in [0.5, 0.6) is 11.6 Å². The van der Waals surface area contributed by atoms with E-state index in [1.807, 2.05) is 0 Å². The lowest BCUT2D eigenvalue weighted by atomic mass is 10.1. The number of nitrogens with zero attached hydrogens (tertiary/aromatic N) is 2. The molecule has 4 aromatic rings. The van der Waals surface area contributed by atoms with Crippen LogP contribution in [-0.2, 0) is 13.1 Å². The largest absolute Gasteiger partial charge is 0.439 e. The molecule has 0 aliphatic rings. The lowest BCUT2D eigenvalue weighted by Crippen LogP contribution is -2.36. The van der Waals surface area contributed by atoms with E-state index in [9.17, 15) is 18.8 Å². The number of hydrogen-bond donors (Lipinski definition) is 2. The molecule has 32 heavy (non-hydrogen) atoms. The molecule has 0 atom stereocenters. The first-order valence-electron chi connectivity index (χ1n) is 9.88. The number of H-pyrrole nitrogens is 1. The van der Waals surface area contributed by atoms with E-state index in [1.165, 1.54) is 34.9 Å². The number of hydrogen-bond acceptors (Lipinski definition) is 5. The number of aryl methyl sites for hydroxylation is 1. The fraction of sp³-hybridized carbons (Fsp3) is 0.130. The lowest BCUT2D eigenvalue weighted by molar-refractivity contribution is 0.0951. The van der Waals surface area contributed by atoms with Crippen LogP contribution in [0, 0.1) is 5.82 Å². The van der Waals surface area contributed by atoms with Gasteiger partial charge in [0.1, 0.15) is 11.6 Å². The van der Waals surface area contributed by atoms with E-state index < -0.39 is 11.1 Å². The Labute approximate surface area is 181 Å². The summed E-state index contributed by atoms with van der Waals surface area (Å²) in [6.45, 7) is 2.32. The highest BCUT2D eigenvalue weighted by molar-refractivity contribution is 5.97. The van der Waals surface area contributed by atoms with Gasteiger partial charge in [0, 0.05) is 30.9 Å². The van der Waals surface area contributed by atoms with Gasteiger partial charge < -0.3 is 19.6 Å². The average Bonchev–Trinajstić information content (AvgIpc) is 2.80. The van der Waals surface area contributed by atoms with E-state index in [-0.39, 0.29) is 18.3 Å². The van der Waals surface area contributed by atoms with E-state index in [1.54, 1.807) is 37.4 Å². The van der Waals surface area contributed by atoms with Crippen LogP contribution < -0.4 is 21.2 Å². The van der Waals surface area contributed by atoms with E-state index in [2.05, 4.69) is 15.3 Å². The molecule has 2 heterocycles. The molecule has 2 N–H and O–H groups in total. The predicted molar refractivity (Wildman–Crippen MR) is 116 cm³/mol. The molecule has 0 saturated heterocycles. The van der Waals surface area contributed by atoms with Gasteiger partial charge in [0.25, 0.3) is 5.91 Å². The van der Waals surface area contributed by atoms with Crippen molar-refractivity contribution in [2.24, 2.45) is 0 Å². The molecule has 0 saturated carbocycles. The number of amides is 1. The number of benzene rings is 2. The third-order valence-corrected chi connectivity index (χ3v) is 4.84. The predicted octanol–water partition coefficient (Wildman–Crippen LogP) is 2.97. The van der Waals surface area contributed by atoms with Crippen molar-refractivity contribution < 1.29 is 13.9 Å². The van der Waals surface area contributed by atoms with Gasteiger partial charge in [-0.1, -0.05) is 0 Å². The van der Waals surface area contributed by atoms with Crippen molar-refractivity contribution in [1.82, 2.24) is 19.9 Å². The number of nitrogens with one attached hydrogen (secondary N) is 2. The number of fused-ring (bicyclic) bond motifs is 1. The zero-order chi connectivity index (χ0) is 22.7. The third-order valence-electron chi connectivity index (χ3n) is 4.84. The standard InChI is InChI=1S/C23H19FN4O4/c1-2-28-19-8-3-15(12-18(19)27-22(30)23(28)31)21(29)26-13-14-9-10-25-20(11-14)32-17-6-4-16(24)5-7-17/h3-12H,2,13H2,1H3,(H,26,29)(H,27,30). The summed E-state index contributed by atoms with van der Waals surface area (Å²) in [5, 5.41) is 2.80. The van der Waals surface area contributed by atoms with Crippen LogP contribution in [-0.4, -0.2) is 20.4 Å². The normalized spacial score (nSPS) is 10.8. The number of ether oxygens (including phenoxy) is 1. The molecule has 8 nitrogen and oxygen atoms in total. The van der Waals surface area contributed by atoms with E-state index in [0.717, 1.165) is 5.56 Å². The van der Waals surface area contributed by atoms with Gasteiger partial charge in [0.05, 0.1) is 11.0 Å². The Balaban J connectivity index is 1.48. The topological polar surface area (TPSA) is 106 Å². The summed E-state index contributed by atoms with van der Waals surface area (Å²) >= 11 is 0. The highest BCUT2D eigenvalue weighted by Crippen LogP contribution is 2.20. The van der Waals surface area contributed by atoms with Crippen molar-refractivity contribution in [1.29, 1.82) is 0 Å².